The molecule has 0 radical (unpaired) electrons. The van der Waals surface area contributed by atoms with Crippen LogP contribution in [0, 0.1) is 18.8 Å². The molecule has 0 saturated carbocycles. The number of rotatable bonds is 11. The van der Waals surface area contributed by atoms with E-state index in [-0.39, 0.29) is 30.6 Å². The maximum absolute atomic E-state index is 9.37. The summed E-state index contributed by atoms with van der Waals surface area (Å²) < 4.78 is 5.56. The lowest BCUT2D eigenvalue weighted by molar-refractivity contribution is 0.0177. The molecule has 174 valence electrons. The maximum atomic E-state index is 9.37. The van der Waals surface area contributed by atoms with Gasteiger partial charge in [-0.15, -0.1) is 35.3 Å². The molecule has 1 fully saturated rings. The standard InChI is InChI=1S/C22H40N4O2S.HI/c1-5-23-22(24-15-19(8-11-27)14-17(2)3)25-16-20(21-7-6-18(4)29-21)26-9-12-28-13-10-26;/h6-7,17,19-20,27H,5,8-16H2,1-4H3,(H2,23,24,25);1H. The molecule has 2 rings (SSSR count). The topological polar surface area (TPSA) is 69.1 Å². The zero-order valence-corrected chi connectivity index (χ0v) is 22.2. The normalized spacial score (nSPS) is 17.5. The van der Waals surface area contributed by atoms with Gasteiger partial charge in [-0.25, -0.2) is 0 Å². The number of aliphatic hydroxyl groups is 1. The van der Waals surface area contributed by atoms with Crippen LogP contribution in [0.25, 0.3) is 0 Å². The van der Waals surface area contributed by atoms with Crippen molar-refractivity contribution in [3.63, 3.8) is 0 Å². The number of aliphatic hydroxyl groups excluding tert-OH is 1. The summed E-state index contributed by atoms with van der Waals surface area (Å²) in [5.74, 6) is 1.90. The van der Waals surface area contributed by atoms with Crippen molar-refractivity contribution >= 4 is 41.3 Å². The van der Waals surface area contributed by atoms with Crippen LogP contribution in [0.2, 0.25) is 0 Å². The Morgan fingerprint density at radius 2 is 2.00 bits per heavy atom. The fraction of sp³-hybridized carbons (Fsp3) is 0.773. The minimum absolute atomic E-state index is 0. The van der Waals surface area contributed by atoms with E-state index in [1.54, 1.807) is 0 Å². The summed E-state index contributed by atoms with van der Waals surface area (Å²) in [5, 5.41) is 16.3. The molecule has 0 amide bonds. The SMILES string of the molecule is CCNC(=NCC(CCO)CC(C)C)NCC(c1ccc(C)s1)N1CCOCC1.I. The van der Waals surface area contributed by atoms with E-state index in [0.29, 0.717) is 17.9 Å². The highest BCUT2D eigenvalue weighted by Crippen LogP contribution is 2.28. The number of aryl methyl sites for hydroxylation is 1. The number of halogens is 1. The lowest BCUT2D eigenvalue weighted by Crippen LogP contribution is -2.46. The summed E-state index contributed by atoms with van der Waals surface area (Å²) in [6.07, 6.45) is 1.90. The summed E-state index contributed by atoms with van der Waals surface area (Å²) >= 11 is 1.88. The first kappa shape index (κ1) is 27.6. The predicted octanol–water partition coefficient (Wildman–Crippen LogP) is 3.65. The third-order valence-corrected chi connectivity index (χ3v) is 6.33. The van der Waals surface area contributed by atoms with Gasteiger partial charge in [0.1, 0.15) is 0 Å². The number of guanidine groups is 1. The molecule has 3 N–H and O–H groups in total. The van der Waals surface area contributed by atoms with Crippen molar-refractivity contribution in [1.29, 1.82) is 0 Å². The average molecular weight is 553 g/mol. The quantitative estimate of drug-likeness (QED) is 0.222. The fourth-order valence-corrected chi connectivity index (χ4v) is 4.83. The number of hydrogen-bond donors (Lipinski definition) is 3. The van der Waals surface area contributed by atoms with Crippen molar-refractivity contribution in [1.82, 2.24) is 15.5 Å². The molecule has 0 spiro atoms. The Kier molecular flexibility index (Phi) is 14.2. The van der Waals surface area contributed by atoms with Gasteiger partial charge in [-0.1, -0.05) is 13.8 Å². The van der Waals surface area contributed by atoms with Crippen LogP contribution in [0.1, 0.15) is 49.4 Å². The molecule has 1 aliphatic heterocycles. The van der Waals surface area contributed by atoms with Crippen LogP contribution in [0.4, 0.5) is 0 Å². The van der Waals surface area contributed by atoms with Crippen molar-refractivity contribution in [2.75, 3.05) is 52.5 Å². The highest BCUT2D eigenvalue weighted by Gasteiger charge is 2.24. The van der Waals surface area contributed by atoms with Gasteiger partial charge >= 0.3 is 0 Å². The zero-order valence-electron chi connectivity index (χ0n) is 19.0. The van der Waals surface area contributed by atoms with Crippen LogP contribution in [0.5, 0.6) is 0 Å². The first-order valence-electron chi connectivity index (χ1n) is 11.0. The van der Waals surface area contributed by atoms with Crippen molar-refractivity contribution in [2.45, 2.75) is 46.6 Å². The Hall–Kier alpha value is -0.420. The molecule has 1 aromatic heterocycles. The van der Waals surface area contributed by atoms with Crippen LogP contribution >= 0.6 is 35.3 Å². The van der Waals surface area contributed by atoms with E-state index in [1.807, 2.05) is 11.3 Å². The Morgan fingerprint density at radius 3 is 2.57 bits per heavy atom. The molecule has 1 aliphatic rings. The first-order valence-corrected chi connectivity index (χ1v) is 11.9. The summed E-state index contributed by atoms with van der Waals surface area (Å²) in [7, 11) is 0. The molecule has 30 heavy (non-hydrogen) atoms. The Bertz CT molecular complexity index is 606. The van der Waals surface area contributed by atoms with Gasteiger partial charge in [0.15, 0.2) is 5.96 Å². The summed E-state index contributed by atoms with van der Waals surface area (Å²) in [6.45, 7) is 14.9. The van der Waals surface area contributed by atoms with E-state index in [1.165, 1.54) is 9.75 Å². The highest BCUT2D eigenvalue weighted by atomic mass is 127. The van der Waals surface area contributed by atoms with Crippen LogP contribution in [0.15, 0.2) is 17.1 Å². The number of morpholine rings is 1. The van der Waals surface area contributed by atoms with Crippen LogP contribution in [-0.2, 0) is 4.74 Å². The van der Waals surface area contributed by atoms with Gasteiger partial charge in [-0.05, 0) is 50.7 Å². The largest absolute Gasteiger partial charge is 0.396 e. The number of aliphatic imine (C=N–C) groups is 1. The number of nitrogens with zero attached hydrogens (tertiary/aromatic N) is 2. The van der Waals surface area contributed by atoms with Crippen molar-refractivity contribution in [3.05, 3.63) is 21.9 Å². The van der Waals surface area contributed by atoms with Crippen LogP contribution < -0.4 is 10.6 Å². The lowest BCUT2D eigenvalue weighted by Gasteiger charge is -2.34. The summed E-state index contributed by atoms with van der Waals surface area (Å²) in [5.41, 5.74) is 0. The molecule has 1 saturated heterocycles. The Morgan fingerprint density at radius 1 is 1.27 bits per heavy atom. The number of nitrogens with one attached hydrogen (secondary N) is 2. The molecule has 1 aromatic rings. The van der Waals surface area contributed by atoms with E-state index < -0.39 is 0 Å². The Labute approximate surface area is 203 Å². The van der Waals surface area contributed by atoms with Gasteiger partial charge in [0, 0.05) is 49.1 Å². The molecular formula is C22H41IN4O2S. The fourth-order valence-electron chi connectivity index (χ4n) is 3.82. The van der Waals surface area contributed by atoms with E-state index in [4.69, 9.17) is 9.73 Å². The average Bonchev–Trinajstić information content (AvgIpc) is 3.12. The van der Waals surface area contributed by atoms with Gasteiger partial charge in [-0.2, -0.15) is 0 Å². The first-order chi connectivity index (χ1) is 14.0. The van der Waals surface area contributed by atoms with Crippen LogP contribution in [0.3, 0.4) is 0 Å². The third kappa shape index (κ3) is 9.80. The van der Waals surface area contributed by atoms with E-state index >= 15 is 0 Å². The molecule has 2 heterocycles. The van der Waals surface area contributed by atoms with E-state index in [0.717, 1.165) is 64.7 Å². The van der Waals surface area contributed by atoms with E-state index in [9.17, 15) is 5.11 Å². The Balaban J connectivity index is 0.00000450. The number of thiophene rings is 1. The minimum Gasteiger partial charge on any atom is -0.396 e. The highest BCUT2D eigenvalue weighted by molar-refractivity contribution is 14.0. The second kappa shape index (κ2) is 15.4. The second-order valence-corrected chi connectivity index (χ2v) is 9.54. The molecular weight excluding hydrogens is 511 g/mol. The molecule has 0 aromatic carbocycles. The predicted molar refractivity (Wildman–Crippen MR) is 138 cm³/mol. The summed E-state index contributed by atoms with van der Waals surface area (Å²) in [6, 6.07) is 4.79. The smallest absolute Gasteiger partial charge is 0.191 e. The van der Waals surface area contributed by atoms with Gasteiger partial charge in [0.05, 0.1) is 19.3 Å². The van der Waals surface area contributed by atoms with Gasteiger partial charge in [-0.3, -0.25) is 9.89 Å². The number of ether oxygens (including phenoxy) is 1. The number of hydrogen-bond acceptors (Lipinski definition) is 5. The zero-order chi connectivity index (χ0) is 21.1. The van der Waals surface area contributed by atoms with Crippen molar-refractivity contribution < 1.29 is 9.84 Å². The molecule has 0 aliphatic carbocycles. The van der Waals surface area contributed by atoms with Crippen molar-refractivity contribution in [2.24, 2.45) is 16.8 Å². The van der Waals surface area contributed by atoms with Crippen molar-refractivity contribution in [3.8, 4) is 0 Å². The van der Waals surface area contributed by atoms with Gasteiger partial charge in [0.25, 0.3) is 0 Å². The molecule has 6 nitrogen and oxygen atoms in total. The minimum atomic E-state index is 0. The van der Waals surface area contributed by atoms with Gasteiger partial charge in [0.2, 0.25) is 0 Å². The third-order valence-electron chi connectivity index (χ3n) is 5.23. The van der Waals surface area contributed by atoms with E-state index in [2.05, 4.69) is 55.4 Å². The second-order valence-electron chi connectivity index (χ2n) is 8.22. The maximum Gasteiger partial charge on any atom is 0.191 e. The molecule has 2 atom stereocenters. The summed E-state index contributed by atoms with van der Waals surface area (Å²) in [4.78, 5) is 10.1. The van der Waals surface area contributed by atoms with Crippen LogP contribution in [-0.4, -0.2) is 68.5 Å². The molecule has 0 bridgehead atoms. The lowest BCUT2D eigenvalue weighted by atomic mass is 9.94. The molecule has 2 unspecified atom stereocenters. The van der Waals surface area contributed by atoms with Gasteiger partial charge < -0.3 is 20.5 Å². The monoisotopic (exact) mass is 552 g/mol. The molecule has 8 heteroatoms.